The van der Waals surface area contributed by atoms with Crippen molar-refractivity contribution in [2.75, 3.05) is 6.54 Å². The molecule has 21 heavy (non-hydrogen) atoms. The van der Waals surface area contributed by atoms with Crippen LogP contribution in [0.25, 0.3) is 0 Å². The molecule has 1 aromatic rings. The van der Waals surface area contributed by atoms with Crippen LogP contribution < -0.4 is 5.73 Å². The van der Waals surface area contributed by atoms with Gasteiger partial charge in [-0.15, -0.1) is 0 Å². The van der Waals surface area contributed by atoms with E-state index in [1.165, 1.54) is 0 Å². The van der Waals surface area contributed by atoms with E-state index in [2.05, 4.69) is 0 Å². The summed E-state index contributed by atoms with van der Waals surface area (Å²) in [4.78, 5) is 15.0. The molecule has 1 amide bonds. The quantitative estimate of drug-likeness (QED) is 0.924. The Bertz CT molecular complexity index is 534. The zero-order valence-electron chi connectivity index (χ0n) is 13.3. The summed E-state index contributed by atoms with van der Waals surface area (Å²) in [5.74, 6) is 0.109. The van der Waals surface area contributed by atoms with Crippen LogP contribution in [-0.4, -0.2) is 22.9 Å². The molecule has 0 aromatic heterocycles. The Balaban J connectivity index is 2.32. The highest BCUT2D eigenvalue weighted by molar-refractivity contribution is 6.31. The number of carbonyl (C=O) groups excluding carboxylic acids is 1. The maximum Gasteiger partial charge on any atom is 0.230 e. The van der Waals surface area contributed by atoms with Gasteiger partial charge in [0, 0.05) is 17.1 Å². The van der Waals surface area contributed by atoms with Crippen LogP contribution in [0, 0.1) is 5.41 Å². The number of nitrogens with zero attached hydrogens (tertiary/aromatic N) is 1. The van der Waals surface area contributed by atoms with Gasteiger partial charge >= 0.3 is 0 Å². The van der Waals surface area contributed by atoms with Gasteiger partial charge in [-0.3, -0.25) is 4.79 Å². The number of likely N-dealkylation sites (tertiary alicyclic amines) is 1. The Morgan fingerprint density at radius 1 is 1.29 bits per heavy atom. The molecule has 1 aliphatic rings. The van der Waals surface area contributed by atoms with Crippen LogP contribution in [-0.2, 0) is 4.79 Å². The summed E-state index contributed by atoms with van der Waals surface area (Å²) in [7, 11) is 0. The predicted octanol–water partition coefficient (Wildman–Crippen LogP) is 3.77. The van der Waals surface area contributed by atoms with E-state index in [0.717, 1.165) is 30.0 Å². The molecule has 1 heterocycles. The molecule has 0 saturated carbocycles. The minimum atomic E-state index is -0.614. The summed E-state index contributed by atoms with van der Waals surface area (Å²) in [6, 6.07) is 7.85. The zero-order chi connectivity index (χ0) is 15.8. The van der Waals surface area contributed by atoms with E-state index < -0.39 is 11.0 Å². The van der Waals surface area contributed by atoms with Crippen molar-refractivity contribution in [1.29, 1.82) is 0 Å². The second-order valence-electron chi connectivity index (χ2n) is 7.02. The Labute approximate surface area is 132 Å². The first-order chi connectivity index (χ1) is 9.66. The third-order valence-electron chi connectivity index (χ3n) is 4.92. The fourth-order valence-electron chi connectivity index (χ4n) is 2.71. The molecular weight excluding hydrogens is 284 g/mol. The predicted molar refractivity (Wildman–Crippen MR) is 87.2 cm³/mol. The van der Waals surface area contributed by atoms with Gasteiger partial charge in [0.05, 0.1) is 11.5 Å². The molecule has 2 rings (SSSR count). The summed E-state index contributed by atoms with van der Waals surface area (Å²) < 4.78 is 0. The third-order valence-corrected chi connectivity index (χ3v) is 5.27. The van der Waals surface area contributed by atoms with E-state index in [0.29, 0.717) is 0 Å². The number of hydrogen-bond donors (Lipinski definition) is 1. The second kappa shape index (κ2) is 5.62. The summed E-state index contributed by atoms with van der Waals surface area (Å²) in [5, 5.41) is 0.729. The number of benzene rings is 1. The van der Waals surface area contributed by atoms with Crippen LogP contribution in [0.5, 0.6) is 0 Å². The SMILES string of the molecule is CC(C)(N)C(C)(C)C(=O)N1CCCC1c1ccccc1Cl. The monoisotopic (exact) mass is 308 g/mol. The standard InChI is InChI=1S/C17H25ClN2O/c1-16(2,17(3,4)19)15(21)20-11-7-10-14(20)12-8-5-6-9-13(12)18/h5-6,8-9,14H,7,10-11,19H2,1-4H3. The van der Waals surface area contributed by atoms with E-state index in [-0.39, 0.29) is 11.9 Å². The number of hydrogen-bond acceptors (Lipinski definition) is 2. The van der Waals surface area contributed by atoms with Crippen LogP contribution in [0.4, 0.5) is 0 Å². The maximum absolute atomic E-state index is 13.0. The number of carbonyl (C=O) groups is 1. The van der Waals surface area contributed by atoms with Crippen molar-refractivity contribution < 1.29 is 4.79 Å². The molecule has 0 radical (unpaired) electrons. The molecule has 0 aliphatic carbocycles. The van der Waals surface area contributed by atoms with Crippen LogP contribution >= 0.6 is 11.6 Å². The molecule has 0 bridgehead atoms. The normalized spacial score (nSPS) is 19.9. The van der Waals surface area contributed by atoms with Gasteiger partial charge < -0.3 is 10.6 Å². The lowest BCUT2D eigenvalue weighted by molar-refractivity contribution is -0.144. The van der Waals surface area contributed by atoms with Crippen molar-refractivity contribution in [2.24, 2.45) is 11.1 Å². The Kier molecular flexibility index (Phi) is 4.36. The van der Waals surface area contributed by atoms with E-state index in [1.54, 1.807) is 0 Å². The number of halogens is 1. The second-order valence-corrected chi connectivity index (χ2v) is 7.43. The first-order valence-corrected chi connectivity index (χ1v) is 7.88. The third kappa shape index (κ3) is 2.95. The van der Waals surface area contributed by atoms with Crippen molar-refractivity contribution in [3.05, 3.63) is 34.9 Å². The average molecular weight is 309 g/mol. The fourth-order valence-corrected chi connectivity index (χ4v) is 2.97. The van der Waals surface area contributed by atoms with Gasteiger partial charge in [-0.25, -0.2) is 0 Å². The molecule has 3 nitrogen and oxygen atoms in total. The van der Waals surface area contributed by atoms with E-state index in [1.807, 2.05) is 56.9 Å². The molecule has 1 saturated heterocycles. The lowest BCUT2D eigenvalue weighted by Crippen LogP contribution is -2.56. The lowest BCUT2D eigenvalue weighted by atomic mass is 9.74. The highest BCUT2D eigenvalue weighted by atomic mass is 35.5. The molecule has 2 N–H and O–H groups in total. The molecule has 1 aromatic carbocycles. The molecule has 116 valence electrons. The van der Waals surface area contributed by atoms with Gasteiger partial charge in [0.25, 0.3) is 0 Å². The van der Waals surface area contributed by atoms with Gasteiger partial charge in [0.15, 0.2) is 0 Å². The number of rotatable bonds is 3. The minimum Gasteiger partial charge on any atom is -0.335 e. The van der Waals surface area contributed by atoms with Crippen molar-refractivity contribution in [2.45, 2.75) is 52.1 Å². The van der Waals surface area contributed by atoms with Crippen LogP contribution in [0.2, 0.25) is 5.02 Å². The van der Waals surface area contributed by atoms with Gasteiger partial charge in [-0.1, -0.05) is 29.8 Å². The first-order valence-electron chi connectivity index (χ1n) is 7.50. The Morgan fingerprint density at radius 3 is 2.48 bits per heavy atom. The Morgan fingerprint density at radius 2 is 1.90 bits per heavy atom. The first kappa shape index (κ1) is 16.3. The summed E-state index contributed by atoms with van der Waals surface area (Å²) >= 11 is 6.32. The van der Waals surface area contributed by atoms with E-state index >= 15 is 0 Å². The smallest absolute Gasteiger partial charge is 0.230 e. The highest BCUT2D eigenvalue weighted by Gasteiger charge is 2.45. The Hall–Kier alpha value is -1.06. The van der Waals surface area contributed by atoms with Crippen molar-refractivity contribution in [3.63, 3.8) is 0 Å². The molecule has 1 fully saturated rings. The van der Waals surface area contributed by atoms with Crippen LogP contribution in [0.1, 0.15) is 52.1 Å². The molecule has 1 aliphatic heterocycles. The molecule has 1 atom stereocenters. The summed E-state index contributed by atoms with van der Waals surface area (Å²) in [6.45, 7) is 8.44. The van der Waals surface area contributed by atoms with Gasteiger partial charge in [0.1, 0.15) is 0 Å². The van der Waals surface area contributed by atoms with Gasteiger partial charge in [-0.05, 0) is 52.2 Å². The molecule has 0 spiro atoms. The lowest BCUT2D eigenvalue weighted by Gasteiger charge is -2.41. The summed E-state index contributed by atoms with van der Waals surface area (Å²) in [6.07, 6.45) is 1.96. The maximum atomic E-state index is 13.0. The zero-order valence-corrected chi connectivity index (χ0v) is 14.1. The fraction of sp³-hybridized carbons (Fsp3) is 0.588. The van der Waals surface area contributed by atoms with E-state index in [9.17, 15) is 4.79 Å². The largest absolute Gasteiger partial charge is 0.335 e. The number of amides is 1. The van der Waals surface area contributed by atoms with Crippen molar-refractivity contribution in [1.82, 2.24) is 4.90 Å². The van der Waals surface area contributed by atoms with Crippen molar-refractivity contribution >= 4 is 17.5 Å². The minimum absolute atomic E-state index is 0.0628. The van der Waals surface area contributed by atoms with Crippen LogP contribution in [0.15, 0.2) is 24.3 Å². The molecule has 1 unspecified atom stereocenters. The summed E-state index contributed by atoms with van der Waals surface area (Å²) in [5.41, 5.74) is 6.07. The number of nitrogens with two attached hydrogens (primary N) is 1. The average Bonchev–Trinajstić information content (AvgIpc) is 2.85. The van der Waals surface area contributed by atoms with Gasteiger partial charge in [0.2, 0.25) is 5.91 Å². The topological polar surface area (TPSA) is 46.3 Å². The van der Waals surface area contributed by atoms with Crippen molar-refractivity contribution in [3.8, 4) is 0 Å². The van der Waals surface area contributed by atoms with Crippen LogP contribution in [0.3, 0.4) is 0 Å². The van der Waals surface area contributed by atoms with E-state index in [4.69, 9.17) is 17.3 Å². The highest BCUT2D eigenvalue weighted by Crippen LogP contribution is 2.40. The molecular formula is C17H25ClN2O. The molecule has 4 heteroatoms. The van der Waals surface area contributed by atoms with Gasteiger partial charge in [-0.2, -0.15) is 0 Å².